The number of carbonyl (C=O) groups is 3. The van der Waals surface area contributed by atoms with Crippen LogP contribution in [0.3, 0.4) is 0 Å². The number of hydroxylamine groups is 1. The van der Waals surface area contributed by atoms with E-state index in [0.29, 0.717) is 5.69 Å². The molecule has 170 valence electrons. The molecule has 0 saturated carbocycles. The van der Waals surface area contributed by atoms with Gasteiger partial charge in [-0.3, -0.25) is 19.6 Å². The molecule has 1 aromatic heterocycles. The molecule has 0 fully saturated rings. The highest BCUT2D eigenvalue weighted by molar-refractivity contribution is 5.85. The zero-order chi connectivity index (χ0) is 23.4. The van der Waals surface area contributed by atoms with Crippen LogP contribution in [0.25, 0.3) is 11.1 Å². The molecule has 1 aliphatic carbocycles. The molecular weight excluding hydrogens is 428 g/mol. The summed E-state index contributed by atoms with van der Waals surface area (Å²) in [5.74, 6) is -1.86. The minimum atomic E-state index is -1.20. The molecular formula is C23H22N4O6. The highest BCUT2D eigenvalue weighted by Crippen LogP contribution is 2.44. The minimum Gasteiger partial charge on any atom is -0.479 e. The van der Waals surface area contributed by atoms with Gasteiger partial charge in [0.05, 0.1) is 11.9 Å². The maximum atomic E-state index is 12.3. The molecule has 10 nitrogen and oxygen atoms in total. The number of carbonyl (C=O) groups excluding carboxylic acids is 2. The van der Waals surface area contributed by atoms with Crippen molar-refractivity contribution in [2.45, 2.75) is 25.5 Å². The quantitative estimate of drug-likeness (QED) is 0.450. The maximum absolute atomic E-state index is 12.3. The number of fused-ring (bicyclic) bond motifs is 3. The number of nitrogens with one attached hydrogen (secondary N) is 2. The van der Waals surface area contributed by atoms with Crippen molar-refractivity contribution < 1.29 is 29.1 Å². The lowest BCUT2D eigenvalue weighted by molar-refractivity contribution is -0.159. The van der Waals surface area contributed by atoms with E-state index in [0.717, 1.165) is 22.3 Å². The molecule has 0 aliphatic heterocycles. The number of anilines is 1. The van der Waals surface area contributed by atoms with Crippen LogP contribution >= 0.6 is 0 Å². The Morgan fingerprint density at radius 1 is 1.09 bits per heavy atom. The third-order valence-corrected chi connectivity index (χ3v) is 5.23. The van der Waals surface area contributed by atoms with E-state index in [2.05, 4.69) is 22.5 Å². The summed E-state index contributed by atoms with van der Waals surface area (Å²) in [4.78, 5) is 39.6. The summed E-state index contributed by atoms with van der Waals surface area (Å²) in [5, 5.41) is 15.3. The van der Waals surface area contributed by atoms with Crippen molar-refractivity contribution in [1.82, 2.24) is 15.3 Å². The van der Waals surface area contributed by atoms with Crippen molar-refractivity contribution in [2.24, 2.45) is 0 Å². The van der Waals surface area contributed by atoms with Crippen molar-refractivity contribution in [3.8, 4) is 11.1 Å². The van der Waals surface area contributed by atoms with Crippen LogP contribution in [0.5, 0.6) is 0 Å². The van der Waals surface area contributed by atoms with Gasteiger partial charge in [-0.1, -0.05) is 48.5 Å². The van der Waals surface area contributed by atoms with Crippen LogP contribution in [0.1, 0.15) is 24.0 Å². The molecule has 1 atom stereocenters. The highest BCUT2D eigenvalue weighted by Gasteiger charge is 2.29. The van der Waals surface area contributed by atoms with E-state index < -0.39 is 24.1 Å². The van der Waals surface area contributed by atoms with Gasteiger partial charge in [0.2, 0.25) is 0 Å². The van der Waals surface area contributed by atoms with Crippen LogP contribution in [0.2, 0.25) is 0 Å². The minimum absolute atomic E-state index is 0.0530. The zero-order valence-corrected chi connectivity index (χ0v) is 17.7. The largest absolute Gasteiger partial charge is 0.479 e. The number of benzene rings is 2. The molecule has 1 unspecified atom stereocenters. The van der Waals surface area contributed by atoms with Crippen LogP contribution in [0.4, 0.5) is 10.5 Å². The van der Waals surface area contributed by atoms with Gasteiger partial charge in [0.1, 0.15) is 13.2 Å². The monoisotopic (exact) mass is 450 g/mol. The van der Waals surface area contributed by atoms with Crippen LogP contribution < -0.4 is 10.8 Å². The smallest absolute Gasteiger partial charge is 0.411 e. The third kappa shape index (κ3) is 5.01. The van der Waals surface area contributed by atoms with Crippen molar-refractivity contribution in [3.63, 3.8) is 0 Å². The molecule has 0 spiro atoms. The summed E-state index contributed by atoms with van der Waals surface area (Å²) in [5.41, 5.74) is 6.90. The second-order valence-electron chi connectivity index (χ2n) is 7.50. The zero-order valence-electron chi connectivity index (χ0n) is 17.7. The Hall–Kier alpha value is -4.18. The fourth-order valence-corrected chi connectivity index (χ4v) is 3.65. The van der Waals surface area contributed by atoms with Crippen molar-refractivity contribution in [1.29, 1.82) is 0 Å². The van der Waals surface area contributed by atoms with Gasteiger partial charge in [-0.2, -0.15) is 5.10 Å². The number of hydrogen-bond acceptors (Lipinski definition) is 6. The topological polar surface area (TPSA) is 132 Å². The average Bonchev–Trinajstić information content (AvgIpc) is 3.37. The SMILES string of the molecule is CC(ONC(=O)Cn1cc(NC(=O)OCC2c3ccccc3-c3ccccc32)cn1)C(=O)O. The number of aromatic nitrogens is 2. The van der Waals surface area contributed by atoms with Crippen LogP contribution in [-0.4, -0.2) is 45.6 Å². The van der Waals surface area contributed by atoms with Gasteiger partial charge < -0.3 is 9.84 Å². The lowest BCUT2D eigenvalue weighted by Crippen LogP contribution is -2.34. The Kier molecular flexibility index (Phi) is 6.36. The fraction of sp³-hybridized carbons (Fsp3) is 0.217. The van der Waals surface area contributed by atoms with Crippen molar-refractivity contribution in [2.75, 3.05) is 11.9 Å². The summed E-state index contributed by atoms with van der Waals surface area (Å²) in [6.45, 7) is 1.24. The number of amides is 2. The summed E-state index contributed by atoms with van der Waals surface area (Å²) >= 11 is 0. The van der Waals surface area contributed by atoms with Crippen LogP contribution in [0.15, 0.2) is 60.9 Å². The Morgan fingerprint density at radius 3 is 2.36 bits per heavy atom. The second kappa shape index (κ2) is 9.53. The number of aliphatic carboxylic acids is 1. The normalized spacial score (nSPS) is 13.0. The van der Waals surface area contributed by atoms with Gasteiger partial charge >= 0.3 is 12.1 Å². The first-order valence-electron chi connectivity index (χ1n) is 10.2. The van der Waals surface area contributed by atoms with E-state index >= 15 is 0 Å². The highest BCUT2D eigenvalue weighted by atomic mass is 16.7. The second-order valence-corrected chi connectivity index (χ2v) is 7.50. The first-order valence-corrected chi connectivity index (χ1v) is 10.2. The molecule has 2 aromatic carbocycles. The van der Waals surface area contributed by atoms with Gasteiger partial charge in [0, 0.05) is 12.1 Å². The van der Waals surface area contributed by atoms with E-state index in [1.165, 1.54) is 24.0 Å². The Labute approximate surface area is 189 Å². The van der Waals surface area contributed by atoms with E-state index in [1.54, 1.807) is 0 Å². The van der Waals surface area contributed by atoms with Crippen molar-refractivity contribution >= 4 is 23.7 Å². The molecule has 3 aromatic rings. The summed E-state index contributed by atoms with van der Waals surface area (Å²) in [7, 11) is 0. The summed E-state index contributed by atoms with van der Waals surface area (Å²) in [6, 6.07) is 16.1. The van der Waals surface area contributed by atoms with E-state index in [-0.39, 0.29) is 19.1 Å². The molecule has 3 N–H and O–H groups in total. The molecule has 0 bridgehead atoms. The first kappa shape index (κ1) is 22.0. The Bertz CT molecular complexity index is 1150. The Balaban J connectivity index is 1.30. The van der Waals surface area contributed by atoms with Gasteiger partial charge in [-0.25, -0.2) is 15.1 Å². The van der Waals surface area contributed by atoms with Crippen LogP contribution in [-0.2, 0) is 25.7 Å². The molecule has 2 amide bonds. The summed E-state index contributed by atoms with van der Waals surface area (Å²) in [6.07, 6.45) is 0.994. The number of hydrogen-bond donors (Lipinski definition) is 3. The van der Waals surface area contributed by atoms with Gasteiger partial charge in [-0.15, -0.1) is 0 Å². The fourth-order valence-electron chi connectivity index (χ4n) is 3.65. The number of ether oxygens (including phenoxy) is 1. The third-order valence-electron chi connectivity index (χ3n) is 5.23. The first-order chi connectivity index (χ1) is 15.9. The summed E-state index contributed by atoms with van der Waals surface area (Å²) < 4.78 is 6.75. The number of nitrogens with zero attached hydrogens (tertiary/aromatic N) is 2. The molecule has 4 rings (SSSR count). The average molecular weight is 450 g/mol. The molecule has 0 radical (unpaired) electrons. The lowest BCUT2D eigenvalue weighted by Gasteiger charge is -2.14. The Morgan fingerprint density at radius 2 is 1.73 bits per heavy atom. The predicted octanol–water partition coefficient (Wildman–Crippen LogP) is 2.76. The van der Waals surface area contributed by atoms with Gasteiger partial charge in [0.25, 0.3) is 5.91 Å². The van der Waals surface area contributed by atoms with E-state index in [9.17, 15) is 14.4 Å². The van der Waals surface area contributed by atoms with E-state index in [4.69, 9.17) is 14.7 Å². The standard InChI is InChI=1S/C23H22N4O6/c1-14(22(29)30)33-26-21(28)12-27-11-15(10-24-27)25-23(31)32-13-20-18-8-4-2-6-16(18)17-7-3-5-9-19(17)20/h2-11,14,20H,12-13H2,1H3,(H,25,31)(H,26,28)(H,29,30). The van der Waals surface area contributed by atoms with Gasteiger partial charge in [-0.05, 0) is 29.2 Å². The van der Waals surface area contributed by atoms with Crippen LogP contribution in [0, 0.1) is 0 Å². The number of carboxylic acids is 1. The lowest BCUT2D eigenvalue weighted by atomic mass is 9.98. The van der Waals surface area contributed by atoms with Crippen molar-refractivity contribution in [3.05, 3.63) is 72.1 Å². The number of carboxylic acid groups (broad SMARTS) is 1. The molecule has 10 heteroatoms. The molecule has 1 heterocycles. The predicted molar refractivity (Wildman–Crippen MR) is 117 cm³/mol. The molecule has 0 saturated heterocycles. The maximum Gasteiger partial charge on any atom is 0.411 e. The number of rotatable bonds is 8. The molecule has 33 heavy (non-hydrogen) atoms. The van der Waals surface area contributed by atoms with E-state index in [1.807, 2.05) is 41.9 Å². The molecule has 1 aliphatic rings. The van der Waals surface area contributed by atoms with Gasteiger partial charge in [0.15, 0.2) is 6.10 Å².